The number of benzene rings is 5. The minimum atomic E-state index is -2.75. The Morgan fingerprint density at radius 3 is 2.06 bits per heavy atom. The molecule has 4 nitrogen and oxygen atoms in total. The number of rotatable bonds is 4. The number of hydrogen-bond donors (Lipinski definition) is 1. The van der Waals surface area contributed by atoms with Crippen molar-refractivity contribution in [1.82, 2.24) is 15.2 Å². The number of aryl methyl sites for hydroxylation is 1. The number of anilines is 3. The van der Waals surface area contributed by atoms with Gasteiger partial charge in [0, 0.05) is 33.9 Å². The third kappa shape index (κ3) is 3.93. The average Bonchev–Trinajstić information content (AvgIpc) is 3.68. The van der Waals surface area contributed by atoms with E-state index < -0.39 is 8.07 Å². The molecule has 2 aliphatic rings. The number of H-pyrrole nitrogens is 1. The van der Waals surface area contributed by atoms with Crippen LogP contribution in [0.15, 0.2) is 146 Å². The van der Waals surface area contributed by atoms with E-state index in [4.69, 9.17) is 4.98 Å². The first-order valence-corrected chi connectivity index (χ1v) is 18.3. The van der Waals surface area contributed by atoms with Crippen molar-refractivity contribution in [1.29, 1.82) is 0 Å². The molecule has 0 aliphatic carbocycles. The highest BCUT2D eigenvalue weighted by Gasteiger charge is 2.50. The zero-order chi connectivity index (χ0) is 31.8. The predicted molar refractivity (Wildman–Crippen MR) is 196 cm³/mol. The third-order valence-corrected chi connectivity index (χ3v) is 15.0. The highest BCUT2D eigenvalue weighted by atomic mass is 28.3. The Morgan fingerprint density at radius 1 is 0.638 bits per heavy atom. The van der Waals surface area contributed by atoms with E-state index in [-0.39, 0.29) is 5.41 Å². The number of nitrogens with one attached hydrogen (secondary N) is 1. The molecule has 9 rings (SSSR count). The summed E-state index contributed by atoms with van der Waals surface area (Å²) < 4.78 is 0. The maximum atomic E-state index is 5.13. The Bertz CT molecular complexity index is 2270. The number of nitrogens with zero attached hydrogens (tertiary/aromatic N) is 3. The van der Waals surface area contributed by atoms with Gasteiger partial charge >= 0.3 is 0 Å². The van der Waals surface area contributed by atoms with Gasteiger partial charge in [-0.3, -0.25) is 10.1 Å². The number of aromatic amines is 1. The second-order valence-electron chi connectivity index (χ2n) is 13.3. The summed E-state index contributed by atoms with van der Waals surface area (Å²) in [6.07, 6.45) is 1.95. The van der Waals surface area contributed by atoms with E-state index >= 15 is 0 Å². The van der Waals surface area contributed by atoms with Crippen molar-refractivity contribution in [2.45, 2.75) is 26.2 Å². The zero-order valence-electron chi connectivity index (χ0n) is 26.7. The van der Waals surface area contributed by atoms with Gasteiger partial charge in [-0.2, -0.15) is 5.10 Å². The van der Waals surface area contributed by atoms with Crippen LogP contribution in [0, 0.1) is 6.92 Å². The largest absolute Gasteiger partial charge is 0.310 e. The summed E-state index contributed by atoms with van der Waals surface area (Å²) >= 11 is 0. The summed E-state index contributed by atoms with van der Waals surface area (Å²) in [6.45, 7) is 6.73. The minimum Gasteiger partial charge on any atom is -0.310 e. The maximum absolute atomic E-state index is 5.13. The molecule has 5 aromatic carbocycles. The van der Waals surface area contributed by atoms with Crippen molar-refractivity contribution in [3.05, 3.63) is 163 Å². The molecule has 0 unspecified atom stereocenters. The van der Waals surface area contributed by atoms with E-state index in [2.05, 4.69) is 162 Å². The highest BCUT2D eigenvalue weighted by molar-refractivity contribution is 7.21. The Hall–Kier alpha value is -5.52. The smallest absolute Gasteiger partial charge is 0.203 e. The molecule has 1 N–H and O–H groups in total. The number of pyridine rings is 1. The fourth-order valence-corrected chi connectivity index (χ4v) is 13.2. The zero-order valence-corrected chi connectivity index (χ0v) is 27.7. The van der Waals surface area contributed by atoms with E-state index in [1.54, 1.807) is 0 Å². The molecule has 0 radical (unpaired) electrons. The van der Waals surface area contributed by atoms with Crippen LogP contribution < -0.4 is 25.8 Å². The molecule has 0 fully saturated rings. The monoisotopic (exact) mass is 622 g/mol. The SMILES string of the molecule is Cc1cc(-c2ccc3c(c2)N(c2cccc([Si]4(c5ccccn5)c5ccccc5-c5ccccc54)c2)c2ccccc2C3(C)C)n[nH]1. The highest BCUT2D eigenvalue weighted by Crippen LogP contribution is 2.52. The molecule has 0 bridgehead atoms. The van der Waals surface area contributed by atoms with Crippen molar-refractivity contribution >= 4 is 46.0 Å². The molecule has 0 saturated carbocycles. The molecule has 2 aliphatic heterocycles. The second kappa shape index (κ2) is 10.2. The van der Waals surface area contributed by atoms with Crippen LogP contribution in [0.3, 0.4) is 0 Å². The number of fused-ring (bicyclic) bond motifs is 5. The van der Waals surface area contributed by atoms with Crippen molar-refractivity contribution in [3.8, 4) is 22.4 Å². The Balaban J connectivity index is 1.32. The lowest BCUT2D eigenvalue weighted by atomic mass is 9.73. The van der Waals surface area contributed by atoms with Crippen LogP contribution in [0.25, 0.3) is 22.4 Å². The molecule has 2 aromatic heterocycles. The quantitative estimate of drug-likeness (QED) is 0.211. The number of aromatic nitrogens is 3. The maximum Gasteiger partial charge on any atom is 0.203 e. The molecule has 7 aromatic rings. The lowest BCUT2D eigenvalue weighted by Crippen LogP contribution is -2.73. The summed E-state index contributed by atoms with van der Waals surface area (Å²) in [5.41, 5.74) is 11.7. The first kappa shape index (κ1) is 27.8. The van der Waals surface area contributed by atoms with Gasteiger partial charge in [-0.15, -0.1) is 0 Å². The van der Waals surface area contributed by atoms with E-state index in [0.29, 0.717) is 0 Å². The van der Waals surface area contributed by atoms with Crippen LogP contribution in [0.5, 0.6) is 0 Å². The predicted octanol–water partition coefficient (Wildman–Crippen LogP) is 7.25. The van der Waals surface area contributed by atoms with Crippen LogP contribution >= 0.6 is 0 Å². The van der Waals surface area contributed by atoms with Crippen molar-refractivity contribution in [2.75, 3.05) is 4.90 Å². The molecule has 47 heavy (non-hydrogen) atoms. The third-order valence-electron chi connectivity index (χ3n) is 10.3. The van der Waals surface area contributed by atoms with Crippen LogP contribution in [-0.2, 0) is 5.41 Å². The molecule has 0 spiro atoms. The van der Waals surface area contributed by atoms with Crippen molar-refractivity contribution in [3.63, 3.8) is 0 Å². The Labute approximate surface area is 276 Å². The van der Waals surface area contributed by atoms with Crippen LogP contribution in [0.1, 0.15) is 30.7 Å². The van der Waals surface area contributed by atoms with E-state index in [1.807, 2.05) is 19.2 Å². The van der Waals surface area contributed by atoms with Gasteiger partial charge < -0.3 is 4.90 Å². The van der Waals surface area contributed by atoms with Gasteiger partial charge in [-0.25, -0.2) is 0 Å². The number of para-hydroxylation sites is 1. The van der Waals surface area contributed by atoms with Gasteiger partial charge in [0.2, 0.25) is 8.07 Å². The first-order chi connectivity index (χ1) is 23.0. The lowest BCUT2D eigenvalue weighted by molar-refractivity contribution is 0.632. The molecule has 0 saturated heterocycles. The van der Waals surface area contributed by atoms with E-state index in [1.165, 1.54) is 49.2 Å². The molecule has 0 amide bonds. The van der Waals surface area contributed by atoms with Crippen LogP contribution in [0.2, 0.25) is 0 Å². The summed E-state index contributed by atoms with van der Waals surface area (Å²) in [7, 11) is -2.75. The second-order valence-corrected chi connectivity index (χ2v) is 16.9. The normalized spacial score (nSPS) is 15.0. The fraction of sp³-hybridized carbons (Fsp3) is 0.0952. The van der Waals surface area contributed by atoms with Gasteiger partial charge in [-0.1, -0.05) is 111 Å². The summed E-state index contributed by atoms with van der Waals surface area (Å²) in [5.74, 6) is 0. The van der Waals surface area contributed by atoms with Gasteiger partial charge in [0.05, 0.1) is 17.1 Å². The van der Waals surface area contributed by atoms with Crippen LogP contribution in [-0.4, -0.2) is 23.3 Å². The molecule has 226 valence electrons. The fourth-order valence-electron chi connectivity index (χ4n) is 8.15. The standard InChI is InChI=1S/C42H34N4Si/c1-28-25-36(45-44-28)29-22-23-35-38(26-29)46(37-18-7-6-17-34(37)42(35,2)3)30-13-12-14-31(27-30)47(41-21-10-11-24-43-41)39-19-8-4-15-32(39)33-16-5-9-20-40(33)47/h4-27H,1-3H3,(H,44,45). The summed E-state index contributed by atoms with van der Waals surface area (Å²) in [5, 5.41) is 13.0. The van der Waals surface area contributed by atoms with Gasteiger partial charge in [0.1, 0.15) is 0 Å². The van der Waals surface area contributed by atoms with Gasteiger partial charge in [-0.05, 0) is 87.2 Å². The number of hydrogen-bond acceptors (Lipinski definition) is 3. The Kier molecular flexibility index (Phi) is 6.05. The molecule has 0 atom stereocenters. The molecular weight excluding hydrogens is 589 g/mol. The van der Waals surface area contributed by atoms with Crippen molar-refractivity contribution < 1.29 is 0 Å². The molecular formula is C42H34N4Si. The van der Waals surface area contributed by atoms with E-state index in [0.717, 1.165) is 28.0 Å². The van der Waals surface area contributed by atoms with Gasteiger partial charge in [0.25, 0.3) is 0 Å². The topological polar surface area (TPSA) is 44.8 Å². The lowest BCUT2D eigenvalue weighted by Gasteiger charge is -2.42. The molecule has 5 heteroatoms. The molecule has 4 heterocycles. The van der Waals surface area contributed by atoms with Gasteiger partial charge in [0.15, 0.2) is 0 Å². The summed E-state index contributed by atoms with van der Waals surface area (Å²) in [6, 6.07) is 51.5. The van der Waals surface area contributed by atoms with E-state index in [9.17, 15) is 0 Å². The van der Waals surface area contributed by atoms with Crippen LogP contribution in [0.4, 0.5) is 17.1 Å². The Morgan fingerprint density at radius 2 is 1.34 bits per heavy atom. The minimum absolute atomic E-state index is 0.173. The summed E-state index contributed by atoms with van der Waals surface area (Å²) in [4.78, 5) is 7.59. The van der Waals surface area contributed by atoms with Crippen molar-refractivity contribution in [2.24, 2.45) is 0 Å². The average molecular weight is 623 g/mol. The first-order valence-electron chi connectivity index (χ1n) is 16.3.